The number of carbonyl (C=O) groups excluding carboxylic acids is 1. The van der Waals surface area contributed by atoms with E-state index in [1.165, 1.54) is 29.2 Å². The molecule has 2 aliphatic rings. The van der Waals surface area contributed by atoms with Crippen LogP contribution in [0.2, 0.25) is 5.02 Å². The van der Waals surface area contributed by atoms with Crippen LogP contribution in [-0.2, 0) is 19.4 Å². The van der Waals surface area contributed by atoms with E-state index < -0.39 is 32.4 Å². The molecule has 1 N–H and O–H groups in total. The molecule has 1 heterocycles. The third-order valence-electron chi connectivity index (χ3n) is 5.50. The van der Waals surface area contributed by atoms with Crippen molar-refractivity contribution in [1.82, 2.24) is 4.90 Å². The molecule has 0 bridgehead atoms. The first-order valence-electron chi connectivity index (χ1n) is 8.80. The van der Waals surface area contributed by atoms with Crippen molar-refractivity contribution in [1.29, 1.82) is 0 Å². The van der Waals surface area contributed by atoms with Gasteiger partial charge >= 0.3 is 5.97 Å². The lowest BCUT2D eigenvalue weighted by Crippen LogP contribution is -2.55. The highest BCUT2D eigenvalue weighted by molar-refractivity contribution is 7.93. The molecular weight excluding hydrogens is 378 g/mol. The van der Waals surface area contributed by atoms with E-state index in [1.54, 1.807) is 0 Å². The van der Waals surface area contributed by atoms with E-state index in [2.05, 4.69) is 0 Å². The van der Waals surface area contributed by atoms with Crippen molar-refractivity contribution in [3.05, 3.63) is 29.3 Å². The summed E-state index contributed by atoms with van der Waals surface area (Å²) < 4.78 is 25.2. The van der Waals surface area contributed by atoms with Gasteiger partial charge < -0.3 is 10.0 Å². The minimum Gasteiger partial charge on any atom is -0.481 e. The van der Waals surface area contributed by atoms with Gasteiger partial charge in [0.1, 0.15) is 0 Å². The molecule has 6 nitrogen and oxygen atoms in total. The lowest BCUT2D eigenvalue weighted by Gasteiger charge is -2.37. The van der Waals surface area contributed by atoms with Crippen LogP contribution in [0, 0.1) is 5.92 Å². The number of likely N-dealkylation sites (tertiary alicyclic amines) is 1. The highest BCUT2D eigenvalue weighted by Gasteiger charge is 2.54. The number of aliphatic carboxylic acids is 1. The fourth-order valence-corrected chi connectivity index (χ4v) is 6.29. The lowest BCUT2D eigenvalue weighted by atomic mass is 9.96. The van der Waals surface area contributed by atoms with E-state index in [-0.39, 0.29) is 24.3 Å². The van der Waals surface area contributed by atoms with Gasteiger partial charge in [-0.2, -0.15) is 0 Å². The van der Waals surface area contributed by atoms with Crippen LogP contribution >= 0.6 is 11.6 Å². The lowest BCUT2D eigenvalue weighted by molar-refractivity contribution is -0.146. The molecule has 0 radical (unpaired) electrons. The Labute approximate surface area is 158 Å². The van der Waals surface area contributed by atoms with Crippen molar-refractivity contribution >= 4 is 33.3 Å². The first kappa shape index (κ1) is 19.2. The molecule has 1 saturated carbocycles. The van der Waals surface area contributed by atoms with E-state index in [0.29, 0.717) is 37.3 Å². The Bertz CT molecular complexity index is 799. The number of rotatable bonds is 4. The van der Waals surface area contributed by atoms with Crippen molar-refractivity contribution in [2.75, 3.05) is 13.1 Å². The average molecular weight is 400 g/mol. The second kappa shape index (κ2) is 7.19. The fraction of sp³-hybridized carbons (Fsp3) is 0.556. The van der Waals surface area contributed by atoms with E-state index in [9.17, 15) is 23.1 Å². The van der Waals surface area contributed by atoms with Gasteiger partial charge in [0.05, 0.1) is 10.8 Å². The summed E-state index contributed by atoms with van der Waals surface area (Å²) in [6, 6.07) is 5.87. The molecule has 0 unspecified atom stereocenters. The monoisotopic (exact) mass is 399 g/mol. The van der Waals surface area contributed by atoms with Gasteiger partial charge in [0.2, 0.25) is 5.91 Å². The second-order valence-corrected chi connectivity index (χ2v) is 9.78. The fourth-order valence-electron chi connectivity index (χ4n) is 4.03. The summed E-state index contributed by atoms with van der Waals surface area (Å²) in [6.45, 7) is 0.479. The maximum absolute atomic E-state index is 13.4. The van der Waals surface area contributed by atoms with Crippen LogP contribution < -0.4 is 0 Å². The number of amides is 1. The Hall–Kier alpha value is -1.60. The first-order valence-corrected chi connectivity index (χ1v) is 10.7. The molecule has 1 atom stereocenters. The summed E-state index contributed by atoms with van der Waals surface area (Å²) in [6.07, 6.45) is 2.94. The molecule has 1 amide bonds. The zero-order valence-corrected chi connectivity index (χ0v) is 15.9. The third-order valence-corrected chi connectivity index (χ3v) is 8.25. The predicted molar refractivity (Wildman–Crippen MR) is 96.8 cm³/mol. The van der Waals surface area contributed by atoms with Gasteiger partial charge in [0.15, 0.2) is 14.6 Å². The van der Waals surface area contributed by atoms with Crippen LogP contribution in [-0.4, -0.2) is 48.1 Å². The van der Waals surface area contributed by atoms with E-state index in [1.807, 2.05) is 0 Å². The molecule has 142 valence electrons. The molecule has 1 aliphatic heterocycles. The van der Waals surface area contributed by atoms with Gasteiger partial charge in [0, 0.05) is 18.1 Å². The topological polar surface area (TPSA) is 91.8 Å². The molecule has 2 fully saturated rings. The van der Waals surface area contributed by atoms with Crippen molar-refractivity contribution in [3.8, 4) is 0 Å². The van der Waals surface area contributed by atoms with Gasteiger partial charge in [-0.05, 0) is 49.9 Å². The summed E-state index contributed by atoms with van der Waals surface area (Å²) in [5.74, 6) is -2.02. The Kier molecular flexibility index (Phi) is 5.30. The first-order chi connectivity index (χ1) is 12.3. The molecule has 0 aromatic heterocycles. The standard InChI is InChI=1S/C18H22ClNO5S/c19-14-5-7-15(8-6-14)26(24,25)18(9-1-2-10-18)17(23)20-11-3-4-13(12-20)16(21)22/h5-8,13H,1-4,9-12H2,(H,21,22)/t13-/m0/s1. The van der Waals surface area contributed by atoms with Crippen molar-refractivity contribution in [2.24, 2.45) is 5.92 Å². The normalized spacial score (nSPS) is 23.0. The number of benzene rings is 1. The number of carboxylic acid groups (broad SMARTS) is 1. The van der Waals surface area contributed by atoms with Gasteiger partial charge in [-0.1, -0.05) is 24.4 Å². The maximum atomic E-state index is 13.4. The van der Waals surface area contributed by atoms with Crippen LogP contribution in [0.5, 0.6) is 0 Å². The van der Waals surface area contributed by atoms with Crippen molar-refractivity contribution < 1.29 is 23.1 Å². The number of carboxylic acids is 1. The zero-order chi connectivity index (χ0) is 18.9. The smallest absolute Gasteiger partial charge is 0.308 e. The number of hydrogen-bond acceptors (Lipinski definition) is 4. The highest BCUT2D eigenvalue weighted by atomic mass is 35.5. The van der Waals surface area contributed by atoms with Gasteiger partial charge in [-0.25, -0.2) is 8.42 Å². The van der Waals surface area contributed by atoms with Crippen molar-refractivity contribution in [2.45, 2.75) is 48.2 Å². The number of sulfone groups is 1. The van der Waals surface area contributed by atoms with Gasteiger partial charge in [-0.3, -0.25) is 9.59 Å². The molecule has 1 aromatic carbocycles. The van der Waals surface area contributed by atoms with Crippen LogP contribution in [0.1, 0.15) is 38.5 Å². The summed E-state index contributed by atoms with van der Waals surface area (Å²) in [5, 5.41) is 9.69. The molecule has 1 aliphatic carbocycles. The number of carbonyl (C=O) groups is 2. The summed E-state index contributed by atoms with van der Waals surface area (Å²) in [4.78, 5) is 26.1. The number of piperidine rings is 1. The Morgan fingerprint density at radius 1 is 1.12 bits per heavy atom. The SMILES string of the molecule is O=C(O)[C@H]1CCCN(C(=O)C2(S(=O)(=O)c3ccc(Cl)cc3)CCCC2)C1. The predicted octanol–water partition coefficient (Wildman–Crippen LogP) is 2.75. The Morgan fingerprint density at radius 2 is 1.73 bits per heavy atom. The van der Waals surface area contributed by atoms with E-state index in [0.717, 1.165) is 0 Å². The molecule has 1 aromatic rings. The molecule has 8 heteroatoms. The summed E-state index contributed by atoms with van der Waals surface area (Å²) in [7, 11) is -3.90. The Morgan fingerprint density at radius 3 is 2.31 bits per heavy atom. The van der Waals surface area contributed by atoms with Crippen molar-refractivity contribution in [3.63, 3.8) is 0 Å². The number of halogens is 1. The maximum Gasteiger partial charge on any atom is 0.308 e. The molecule has 1 saturated heterocycles. The average Bonchev–Trinajstić information content (AvgIpc) is 3.13. The van der Waals surface area contributed by atoms with E-state index in [4.69, 9.17) is 11.6 Å². The third kappa shape index (κ3) is 3.22. The van der Waals surface area contributed by atoms with E-state index >= 15 is 0 Å². The molecule has 26 heavy (non-hydrogen) atoms. The minimum absolute atomic E-state index is 0.0755. The minimum atomic E-state index is -3.90. The van der Waals surface area contributed by atoms with Crippen LogP contribution in [0.4, 0.5) is 0 Å². The Balaban J connectivity index is 1.96. The van der Waals surface area contributed by atoms with Gasteiger partial charge in [-0.15, -0.1) is 0 Å². The van der Waals surface area contributed by atoms with Crippen LogP contribution in [0.3, 0.4) is 0 Å². The number of hydrogen-bond donors (Lipinski definition) is 1. The molecule has 3 rings (SSSR count). The van der Waals surface area contributed by atoms with Gasteiger partial charge in [0.25, 0.3) is 0 Å². The van der Waals surface area contributed by atoms with Crippen LogP contribution in [0.25, 0.3) is 0 Å². The highest BCUT2D eigenvalue weighted by Crippen LogP contribution is 2.42. The largest absolute Gasteiger partial charge is 0.481 e. The summed E-state index contributed by atoms with van der Waals surface area (Å²) in [5.41, 5.74) is 0. The zero-order valence-electron chi connectivity index (χ0n) is 14.4. The molecule has 0 spiro atoms. The molecular formula is C18H22ClNO5S. The van der Waals surface area contributed by atoms with Crippen LogP contribution in [0.15, 0.2) is 29.2 Å². The summed E-state index contributed by atoms with van der Waals surface area (Å²) >= 11 is 5.86. The second-order valence-electron chi connectivity index (χ2n) is 7.09. The number of nitrogens with zero attached hydrogens (tertiary/aromatic N) is 1. The quantitative estimate of drug-likeness (QED) is 0.840.